The molecule has 1 aliphatic rings. The van der Waals surface area contributed by atoms with Crippen molar-refractivity contribution in [2.45, 2.75) is 44.6 Å². The SMILES string of the molecule is CC(N)(Cc1cccc(O)c1)c1ccc2c(c1)CCCC2. The lowest BCUT2D eigenvalue weighted by Gasteiger charge is -2.28. The Morgan fingerprint density at radius 1 is 1.05 bits per heavy atom. The first-order valence-corrected chi connectivity index (χ1v) is 7.74. The quantitative estimate of drug-likeness (QED) is 0.901. The molecule has 110 valence electrons. The highest BCUT2D eigenvalue weighted by Crippen LogP contribution is 2.29. The summed E-state index contributed by atoms with van der Waals surface area (Å²) in [7, 11) is 0. The molecular weight excluding hydrogens is 258 g/mol. The van der Waals surface area contributed by atoms with E-state index >= 15 is 0 Å². The summed E-state index contributed by atoms with van der Waals surface area (Å²) in [6, 6.07) is 14.1. The van der Waals surface area contributed by atoms with E-state index in [4.69, 9.17) is 5.73 Å². The molecule has 1 atom stereocenters. The summed E-state index contributed by atoms with van der Waals surface area (Å²) in [5.41, 5.74) is 11.4. The van der Waals surface area contributed by atoms with E-state index in [2.05, 4.69) is 25.1 Å². The smallest absolute Gasteiger partial charge is 0.115 e. The second-order valence-electron chi connectivity index (χ2n) is 6.45. The van der Waals surface area contributed by atoms with Crippen molar-refractivity contribution in [1.29, 1.82) is 0 Å². The van der Waals surface area contributed by atoms with Crippen molar-refractivity contribution < 1.29 is 5.11 Å². The standard InChI is InChI=1S/C19H23NO/c1-19(20,13-14-5-4-8-18(21)11-14)17-10-9-15-6-2-3-7-16(15)12-17/h4-5,8-12,21H,2-3,6-7,13,20H2,1H3. The molecule has 2 aromatic carbocycles. The lowest BCUT2D eigenvalue weighted by molar-refractivity contribution is 0.467. The van der Waals surface area contributed by atoms with E-state index in [1.54, 1.807) is 12.1 Å². The van der Waals surface area contributed by atoms with Gasteiger partial charge in [0, 0.05) is 5.54 Å². The van der Waals surface area contributed by atoms with Crippen LogP contribution in [0.1, 0.15) is 42.0 Å². The second-order valence-corrected chi connectivity index (χ2v) is 6.45. The van der Waals surface area contributed by atoms with Crippen molar-refractivity contribution in [2.75, 3.05) is 0 Å². The Balaban J connectivity index is 1.87. The number of hydrogen-bond acceptors (Lipinski definition) is 2. The van der Waals surface area contributed by atoms with Gasteiger partial charge in [-0.15, -0.1) is 0 Å². The Kier molecular flexibility index (Phi) is 3.73. The molecule has 0 aliphatic heterocycles. The predicted molar refractivity (Wildman–Crippen MR) is 86.4 cm³/mol. The number of rotatable bonds is 3. The van der Waals surface area contributed by atoms with Crippen molar-refractivity contribution >= 4 is 0 Å². The fraction of sp³-hybridized carbons (Fsp3) is 0.368. The largest absolute Gasteiger partial charge is 0.508 e. The molecule has 2 heteroatoms. The number of benzene rings is 2. The van der Waals surface area contributed by atoms with Gasteiger partial charge in [0.15, 0.2) is 0 Å². The van der Waals surface area contributed by atoms with Crippen LogP contribution >= 0.6 is 0 Å². The van der Waals surface area contributed by atoms with Gasteiger partial charge in [0.2, 0.25) is 0 Å². The van der Waals surface area contributed by atoms with Crippen molar-refractivity contribution in [3.63, 3.8) is 0 Å². The van der Waals surface area contributed by atoms with Crippen molar-refractivity contribution in [3.8, 4) is 5.75 Å². The van der Waals surface area contributed by atoms with Gasteiger partial charge < -0.3 is 10.8 Å². The summed E-state index contributed by atoms with van der Waals surface area (Å²) in [4.78, 5) is 0. The average Bonchev–Trinajstić information content (AvgIpc) is 2.46. The number of hydrogen-bond donors (Lipinski definition) is 2. The van der Waals surface area contributed by atoms with E-state index in [0.29, 0.717) is 5.75 Å². The molecule has 0 radical (unpaired) electrons. The minimum atomic E-state index is -0.416. The predicted octanol–water partition coefficient (Wildman–Crippen LogP) is 3.69. The molecule has 0 spiro atoms. The molecule has 0 saturated carbocycles. The molecule has 0 heterocycles. The van der Waals surface area contributed by atoms with E-state index in [0.717, 1.165) is 12.0 Å². The van der Waals surface area contributed by atoms with Gasteiger partial charge in [-0.25, -0.2) is 0 Å². The van der Waals surface area contributed by atoms with Gasteiger partial charge in [0.05, 0.1) is 0 Å². The van der Waals surface area contributed by atoms with Crippen LogP contribution in [0.2, 0.25) is 0 Å². The summed E-state index contributed by atoms with van der Waals surface area (Å²) in [6.45, 7) is 2.07. The van der Waals surface area contributed by atoms with E-state index in [1.165, 1.54) is 42.4 Å². The number of fused-ring (bicyclic) bond motifs is 1. The van der Waals surface area contributed by atoms with Crippen LogP contribution in [0.25, 0.3) is 0 Å². The van der Waals surface area contributed by atoms with E-state index < -0.39 is 5.54 Å². The third-order valence-electron chi connectivity index (χ3n) is 4.49. The number of phenols is 1. The molecule has 0 fully saturated rings. The summed E-state index contributed by atoms with van der Waals surface area (Å²) in [6.07, 6.45) is 5.68. The van der Waals surface area contributed by atoms with Crippen LogP contribution in [-0.2, 0) is 24.8 Å². The Morgan fingerprint density at radius 2 is 1.81 bits per heavy atom. The first-order chi connectivity index (χ1) is 10.0. The van der Waals surface area contributed by atoms with Crippen molar-refractivity contribution in [3.05, 3.63) is 64.7 Å². The van der Waals surface area contributed by atoms with Crippen LogP contribution in [0, 0.1) is 0 Å². The lowest BCUT2D eigenvalue weighted by Crippen LogP contribution is -2.35. The maximum absolute atomic E-state index is 9.60. The van der Waals surface area contributed by atoms with Crippen LogP contribution in [0.3, 0.4) is 0 Å². The summed E-state index contributed by atoms with van der Waals surface area (Å²) in [5, 5.41) is 9.60. The summed E-state index contributed by atoms with van der Waals surface area (Å²) in [5.74, 6) is 0.300. The van der Waals surface area contributed by atoms with Gasteiger partial charge in [-0.05, 0) is 73.4 Å². The molecule has 1 aliphatic carbocycles. The number of aromatic hydroxyl groups is 1. The van der Waals surface area contributed by atoms with Gasteiger partial charge in [0.25, 0.3) is 0 Å². The van der Waals surface area contributed by atoms with Crippen LogP contribution in [0.4, 0.5) is 0 Å². The van der Waals surface area contributed by atoms with Gasteiger partial charge in [-0.3, -0.25) is 0 Å². The molecule has 3 N–H and O–H groups in total. The average molecular weight is 281 g/mol. The minimum absolute atomic E-state index is 0.300. The zero-order valence-electron chi connectivity index (χ0n) is 12.6. The molecule has 1 unspecified atom stereocenters. The maximum Gasteiger partial charge on any atom is 0.115 e. The molecule has 0 saturated heterocycles. The number of aryl methyl sites for hydroxylation is 2. The molecule has 2 aromatic rings. The van der Waals surface area contributed by atoms with Gasteiger partial charge in [0.1, 0.15) is 5.75 Å². The number of phenolic OH excluding ortho intramolecular Hbond substituents is 1. The van der Waals surface area contributed by atoms with Crippen molar-refractivity contribution in [1.82, 2.24) is 0 Å². The minimum Gasteiger partial charge on any atom is -0.508 e. The molecule has 3 rings (SSSR count). The Morgan fingerprint density at radius 3 is 2.57 bits per heavy atom. The zero-order chi connectivity index (χ0) is 14.9. The van der Waals surface area contributed by atoms with Gasteiger partial charge >= 0.3 is 0 Å². The highest BCUT2D eigenvalue weighted by molar-refractivity contribution is 5.38. The topological polar surface area (TPSA) is 46.2 Å². The lowest BCUT2D eigenvalue weighted by atomic mass is 9.82. The van der Waals surface area contributed by atoms with Crippen LogP contribution in [-0.4, -0.2) is 5.11 Å². The second kappa shape index (κ2) is 5.53. The highest BCUT2D eigenvalue weighted by Gasteiger charge is 2.23. The maximum atomic E-state index is 9.60. The summed E-state index contributed by atoms with van der Waals surface area (Å²) < 4.78 is 0. The van der Waals surface area contributed by atoms with Crippen LogP contribution in [0.5, 0.6) is 5.75 Å². The van der Waals surface area contributed by atoms with E-state index in [-0.39, 0.29) is 0 Å². The first kappa shape index (κ1) is 14.2. The van der Waals surface area contributed by atoms with E-state index in [1.807, 2.05) is 12.1 Å². The normalized spacial score (nSPS) is 17.0. The van der Waals surface area contributed by atoms with Crippen LogP contribution < -0.4 is 5.73 Å². The fourth-order valence-corrected chi connectivity index (χ4v) is 3.28. The van der Waals surface area contributed by atoms with Crippen LogP contribution in [0.15, 0.2) is 42.5 Å². The van der Waals surface area contributed by atoms with Crippen molar-refractivity contribution in [2.24, 2.45) is 5.73 Å². The Hall–Kier alpha value is -1.80. The van der Waals surface area contributed by atoms with E-state index in [9.17, 15) is 5.11 Å². The Bertz CT molecular complexity index is 646. The number of nitrogens with two attached hydrogens (primary N) is 1. The third-order valence-corrected chi connectivity index (χ3v) is 4.49. The van der Waals surface area contributed by atoms with Gasteiger partial charge in [-0.2, -0.15) is 0 Å². The fourth-order valence-electron chi connectivity index (χ4n) is 3.28. The van der Waals surface area contributed by atoms with Gasteiger partial charge in [-0.1, -0.05) is 30.3 Å². The molecule has 0 amide bonds. The third kappa shape index (κ3) is 3.11. The molecule has 0 aromatic heterocycles. The first-order valence-electron chi connectivity index (χ1n) is 7.74. The zero-order valence-corrected chi connectivity index (χ0v) is 12.6. The summed E-state index contributed by atoms with van der Waals surface area (Å²) >= 11 is 0. The highest BCUT2D eigenvalue weighted by atomic mass is 16.3. The molecule has 0 bridgehead atoms. The molecule has 2 nitrogen and oxygen atoms in total. The molecule has 21 heavy (non-hydrogen) atoms. The molecular formula is C19H23NO. The Labute approximate surface area is 126 Å². The monoisotopic (exact) mass is 281 g/mol.